The van der Waals surface area contributed by atoms with Gasteiger partial charge in [-0.1, -0.05) is 6.07 Å². The zero-order valence-electron chi connectivity index (χ0n) is 7.99. The molecule has 0 fully saturated rings. The lowest BCUT2D eigenvalue weighted by Gasteiger charge is -2.02. The summed E-state index contributed by atoms with van der Waals surface area (Å²) < 4.78 is 4.92. The summed E-state index contributed by atoms with van der Waals surface area (Å²) in [6.07, 6.45) is 2.80. The predicted molar refractivity (Wildman–Crippen MR) is 52.7 cm³/mol. The first kappa shape index (κ1) is 10.2. The second kappa shape index (κ2) is 6.57. The second-order valence-corrected chi connectivity index (χ2v) is 2.81. The third-order valence-corrected chi connectivity index (χ3v) is 1.77. The standard InChI is InChI=1S/C10H16N2O/c1-13-9-8-11-7-5-10-4-2-3-6-12-10/h2-4,6,11H,5,7-9H2,1H3. The van der Waals surface area contributed by atoms with Crippen LogP contribution in [0, 0.1) is 0 Å². The van der Waals surface area contributed by atoms with Gasteiger partial charge in [-0.25, -0.2) is 0 Å². The van der Waals surface area contributed by atoms with Gasteiger partial charge < -0.3 is 10.1 Å². The number of ether oxygens (including phenoxy) is 1. The zero-order chi connectivity index (χ0) is 9.36. The lowest BCUT2D eigenvalue weighted by Crippen LogP contribution is -2.21. The van der Waals surface area contributed by atoms with E-state index in [2.05, 4.69) is 10.3 Å². The van der Waals surface area contributed by atoms with Crippen LogP contribution in [0.1, 0.15) is 5.69 Å². The first-order valence-electron chi connectivity index (χ1n) is 4.53. The van der Waals surface area contributed by atoms with E-state index in [1.807, 2.05) is 24.4 Å². The van der Waals surface area contributed by atoms with Crippen molar-refractivity contribution in [1.82, 2.24) is 10.3 Å². The molecule has 0 atom stereocenters. The number of methoxy groups -OCH3 is 1. The molecule has 72 valence electrons. The molecule has 13 heavy (non-hydrogen) atoms. The van der Waals surface area contributed by atoms with Gasteiger partial charge in [0, 0.05) is 38.5 Å². The van der Waals surface area contributed by atoms with Gasteiger partial charge >= 0.3 is 0 Å². The summed E-state index contributed by atoms with van der Waals surface area (Å²) in [4.78, 5) is 4.23. The average molecular weight is 180 g/mol. The number of nitrogens with one attached hydrogen (secondary N) is 1. The molecule has 0 radical (unpaired) electrons. The van der Waals surface area contributed by atoms with Crippen LogP contribution in [0.4, 0.5) is 0 Å². The summed E-state index contributed by atoms with van der Waals surface area (Å²) in [5.41, 5.74) is 1.13. The Labute approximate surface area is 79.1 Å². The first-order valence-corrected chi connectivity index (χ1v) is 4.53. The molecule has 0 aliphatic carbocycles. The molecule has 0 spiro atoms. The number of aromatic nitrogens is 1. The first-order chi connectivity index (χ1) is 6.43. The maximum Gasteiger partial charge on any atom is 0.0587 e. The number of hydrogen-bond acceptors (Lipinski definition) is 3. The molecule has 3 nitrogen and oxygen atoms in total. The summed E-state index contributed by atoms with van der Waals surface area (Å²) in [5.74, 6) is 0. The fraction of sp³-hybridized carbons (Fsp3) is 0.500. The molecule has 1 heterocycles. The molecule has 0 aliphatic rings. The maximum absolute atomic E-state index is 4.92. The largest absolute Gasteiger partial charge is 0.383 e. The minimum atomic E-state index is 0.766. The van der Waals surface area contributed by atoms with Gasteiger partial charge in [0.05, 0.1) is 6.61 Å². The highest BCUT2D eigenvalue weighted by Crippen LogP contribution is 1.92. The van der Waals surface area contributed by atoms with Crippen LogP contribution in [0.5, 0.6) is 0 Å². The Bertz CT molecular complexity index is 213. The van der Waals surface area contributed by atoms with E-state index in [0.29, 0.717) is 0 Å². The van der Waals surface area contributed by atoms with Gasteiger partial charge in [0.1, 0.15) is 0 Å². The van der Waals surface area contributed by atoms with Gasteiger partial charge in [0.15, 0.2) is 0 Å². The molecule has 3 heteroatoms. The molecule has 0 aliphatic heterocycles. The van der Waals surface area contributed by atoms with Crippen LogP contribution in [0.15, 0.2) is 24.4 Å². The fourth-order valence-corrected chi connectivity index (χ4v) is 1.06. The van der Waals surface area contributed by atoms with E-state index in [-0.39, 0.29) is 0 Å². The van der Waals surface area contributed by atoms with Gasteiger partial charge in [-0.3, -0.25) is 4.98 Å². The molecule has 0 saturated heterocycles. The third kappa shape index (κ3) is 4.60. The highest BCUT2D eigenvalue weighted by Gasteiger charge is 1.91. The molecular weight excluding hydrogens is 164 g/mol. The Hall–Kier alpha value is -0.930. The predicted octanol–water partition coefficient (Wildman–Crippen LogP) is 0.860. The van der Waals surface area contributed by atoms with Crippen molar-refractivity contribution < 1.29 is 4.74 Å². The van der Waals surface area contributed by atoms with E-state index in [9.17, 15) is 0 Å². The Balaban J connectivity index is 2.07. The molecule has 0 saturated carbocycles. The third-order valence-electron chi connectivity index (χ3n) is 1.77. The van der Waals surface area contributed by atoms with Crippen LogP contribution in [0.25, 0.3) is 0 Å². The smallest absolute Gasteiger partial charge is 0.0587 e. The van der Waals surface area contributed by atoms with Gasteiger partial charge in [-0.15, -0.1) is 0 Å². The summed E-state index contributed by atoms with van der Waals surface area (Å²) in [6.45, 7) is 2.63. The van der Waals surface area contributed by atoms with E-state index in [4.69, 9.17) is 4.74 Å². The fourth-order valence-electron chi connectivity index (χ4n) is 1.06. The van der Waals surface area contributed by atoms with Crippen molar-refractivity contribution in [2.24, 2.45) is 0 Å². The second-order valence-electron chi connectivity index (χ2n) is 2.81. The molecule has 0 bridgehead atoms. The summed E-state index contributed by atoms with van der Waals surface area (Å²) >= 11 is 0. The van der Waals surface area contributed by atoms with Crippen LogP contribution < -0.4 is 5.32 Å². The van der Waals surface area contributed by atoms with E-state index in [1.165, 1.54) is 0 Å². The van der Waals surface area contributed by atoms with E-state index < -0.39 is 0 Å². The van der Waals surface area contributed by atoms with Crippen molar-refractivity contribution in [3.05, 3.63) is 30.1 Å². The van der Waals surface area contributed by atoms with Crippen molar-refractivity contribution in [2.45, 2.75) is 6.42 Å². The molecule has 0 unspecified atom stereocenters. The minimum Gasteiger partial charge on any atom is -0.383 e. The average Bonchev–Trinajstić information content (AvgIpc) is 2.19. The van der Waals surface area contributed by atoms with Gasteiger partial charge in [-0.05, 0) is 12.1 Å². The van der Waals surface area contributed by atoms with Crippen molar-refractivity contribution in [3.8, 4) is 0 Å². The Kier molecular flexibility index (Phi) is 5.13. The van der Waals surface area contributed by atoms with E-state index in [1.54, 1.807) is 7.11 Å². The Morgan fingerprint density at radius 1 is 1.38 bits per heavy atom. The minimum absolute atomic E-state index is 0.766. The molecule has 0 amide bonds. The lowest BCUT2D eigenvalue weighted by molar-refractivity contribution is 0.199. The monoisotopic (exact) mass is 180 g/mol. The Morgan fingerprint density at radius 3 is 3.00 bits per heavy atom. The highest BCUT2D eigenvalue weighted by atomic mass is 16.5. The van der Waals surface area contributed by atoms with Crippen LogP contribution in [-0.2, 0) is 11.2 Å². The van der Waals surface area contributed by atoms with Gasteiger partial charge in [0.2, 0.25) is 0 Å². The summed E-state index contributed by atoms with van der Waals surface area (Å²) in [5, 5.41) is 3.27. The zero-order valence-corrected chi connectivity index (χ0v) is 7.99. The van der Waals surface area contributed by atoms with Crippen LogP contribution in [0.2, 0.25) is 0 Å². The number of hydrogen-bond donors (Lipinski definition) is 1. The molecule has 1 N–H and O–H groups in total. The van der Waals surface area contributed by atoms with Gasteiger partial charge in [0.25, 0.3) is 0 Å². The van der Waals surface area contributed by atoms with Crippen molar-refractivity contribution in [1.29, 1.82) is 0 Å². The van der Waals surface area contributed by atoms with E-state index in [0.717, 1.165) is 31.8 Å². The van der Waals surface area contributed by atoms with Crippen LogP contribution in [0.3, 0.4) is 0 Å². The summed E-state index contributed by atoms with van der Waals surface area (Å²) in [7, 11) is 1.71. The Morgan fingerprint density at radius 2 is 2.31 bits per heavy atom. The van der Waals surface area contributed by atoms with Crippen molar-refractivity contribution in [3.63, 3.8) is 0 Å². The van der Waals surface area contributed by atoms with E-state index >= 15 is 0 Å². The van der Waals surface area contributed by atoms with Crippen molar-refractivity contribution in [2.75, 3.05) is 26.8 Å². The molecule has 0 aromatic carbocycles. The van der Waals surface area contributed by atoms with Crippen LogP contribution in [-0.4, -0.2) is 31.8 Å². The quantitative estimate of drug-likeness (QED) is 0.659. The molecular formula is C10H16N2O. The molecule has 1 rings (SSSR count). The topological polar surface area (TPSA) is 34.1 Å². The maximum atomic E-state index is 4.92. The number of nitrogens with zero attached hydrogens (tertiary/aromatic N) is 1. The summed E-state index contributed by atoms with van der Waals surface area (Å²) in [6, 6.07) is 5.98. The SMILES string of the molecule is COCCNCCc1ccccn1. The number of pyridine rings is 1. The highest BCUT2D eigenvalue weighted by molar-refractivity contribution is 5.03. The lowest BCUT2D eigenvalue weighted by atomic mass is 10.3. The van der Waals surface area contributed by atoms with Gasteiger partial charge in [-0.2, -0.15) is 0 Å². The molecule has 1 aromatic rings. The van der Waals surface area contributed by atoms with Crippen LogP contribution >= 0.6 is 0 Å². The number of rotatable bonds is 6. The molecule has 1 aromatic heterocycles. The normalized spacial score (nSPS) is 10.2. The van der Waals surface area contributed by atoms with Crippen molar-refractivity contribution >= 4 is 0 Å².